The molecule has 0 aromatic carbocycles. The molecule has 7 heavy (non-hydrogen) atoms. The first-order chi connectivity index (χ1) is 3.18. The van der Waals surface area contributed by atoms with Crippen LogP contribution in [-0.2, 0) is 0 Å². The lowest BCUT2D eigenvalue weighted by molar-refractivity contribution is 0.856. The molecule has 0 saturated carbocycles. The van der Waals surface area contributed by atoms with Gasteiger partial charge in [-0.05, 0) is 6.42 Å². The van der Waals surface area contributed by atoms with Gasteiger partial charge in [0.2, 0.25) is 0 Å². The van der Waals surface area contributed by atoms with Gasteiger partial charge in [0.15, 0.2) is 0 Å². The van der Waals surface area contributed by atoms with Crippen LogP contribution in [0.25, 0.3) is 0 Å². The van der Waals surface area contributed by atoms with Crippen molar-refractivity contribution in [3.8, 4) is 0 Å². The zero-order chi connectivity index (χ0) is 5.86. The lowest BCUT2D eigenvalue weighted by Crippen LogP contribution is -2.06. The molecule has 2 atom stereocenters. The van der Waals surface area contributed by atoms with E-state index in [-0.39, 0.29) is 0 Å². The highest BCUT2D eigenvalue weighted by Crippen LogP contribution is 2.16. The molecule has 2 unspecified atom stereocenters. The maximum absolute atomic E-state index is 2.49. The Morgan fingerprint density at radius 1 is 1.43 bits per heavy atom. The molecule has 0 N–H and O–H groups in total. The summed E-state index contributed by atoms with van der Waals surface area (Å²) >= 11 is 4.95. The van der Waals surface area contributed by atoms with Gasteiger partial charge in [-0.2, -0.15) is 0 Å². The van der Waals surface area contributed by atoms with Gasteiger partial charge in [-0.3, -0.25) is 0 Å². The quantitative estimate of drug-likeness (QED) is 0.541. The highest BCUT2D eigenvalue weighted by atomic mass is 127. The molecule has 0 aliphatic rings. The van der Waals surface area contributed by atoms with Crippen LogP contribution in [-0.4, -0.2) is 7.85 Å². The Balaban J connectivity index is 3.14. The largest absolute Gasteiger partial charge is 0.0818 e. The summed E-state index contributed by atoms with van der Waals surface area (Å²) in [4.78, 5) is 0. The molecule has 0 heterocycles. The van der Waals surface area contributed by atoms with Crippen LogP contribution in [0.1, 0.15) is 20.3 Å². The van der Waals surface area contributed by atoms with Crippen molar-refractivity contribution < 1.29 is 0 Å². The van der Waals surface area contributed by atoms with E-state index in [1.54, 1.807) is 0 Å². The maximum Gasteiger partial charge on any atom is 0.0222 e. The Hall–Kier alpha value is 1.46. The molecule has 0 bridgehead atoms. The molecule has 0 radical (unpaired) electrons. The second-order valence-electron chi connectivity index (χ2n) is 1.60. The van der Waals surface area contributed by atoms with Gasteiger partial charge in [0, 0.05) is 7.85 Å². The molecule has 0 aromatic rings. The summed E-state index contributed by atoms with van der Waals surface area (Å²) < 4.78 is 1.68. The Labute approximate surface area is 72.7 Å². The minimum atomic E-state index is 0.822. The van der Waals surface area contributed by atoms with Crippen molar-refractivity contribution >= 4 is 45.2 Å². The van der Waals surface area contributed by atoms with Gasteiger partial charge in [-0.15, -0.1) is 0 Å². The summed E-state index contributed by atoms with van der Waals surface area (Å²) in [5.74, 6) is 0. The molecule has 0 fully saturated rings. The van der Waals surface area contributed by atoms with Gasteiger partial charge in [0.1, 0.15) is 0 Å². The van der Waals surface area contributed by atoms with Gasteiger partial charge in [0.25, 0.3) is 0 Å². The smallest absolute Gasteiger partial charge is 0.0222 e. The van der Waals surface area contributed by atoms with Crippen LogP contribution in [0, 0.1) is 0 Å². The molecule has 2 heteroatoms. The Morgan fingerprint density at radius 2 is 1.86 bits per heavy atom. The summed E-state index contributed by atoms with van der Waals surface area (Å²) in [5, 5.41) is 0. The van der Waals surface area contributed by atoms with Crippen molar-refractivity contribution in [1.29, 1.82) is 0 Å². The van der Waals surface area contributed by atoms with Crippen molar-refractivity contribution in [3.63, 3.8) is 0 Å². The van der Waals surface area contributed by atoms with Gasteiger partial charge in [-0.1, -0.05) is 59.0 Å². The van der Waals surface area contributed by atoms with Crippen LogP contribution in [0.2, 0.25) is 0 Å². The molecule has 0 aliphatic carbocycles. The van der Waals surface area contributed by atoms with E-state index in [1.807, 2.05) is 0 Å². The first kappa shape index (κ1) is 8.46. The fourth-order valence-electron chi connectivity index (χ4n) is 0.325. The Morgan fingerprint density at radius 3 is 1.86 bits per heavy atom. The normalized spacial score (nSPS) is 18.9. The van der Waals surface area contributed by atoms with E-state index in [4.69, 9.17) is 0 Å². The van der Waals surface area contributed by atoms with Gasteiger partial charge in [0.05, 0.1) is 0 Å². The molecule has 0 spiro atoms. The van der Waals surface area contributed by atoms with E-state index < -0.39 is 0 Å². The highest BCUT2D eigenvalue weighted by Gasteiger charge is 2.05. The summed E-state index contributed by atoms with van der Waals surface area (Å²) in [6.45, 7) is 4.48. The minimum Gasteiger partial charge on any atom is -0.0818 e. The van der Waals surface area contributed by atoms with E-state index in [0.29, 0.717) is 0 Å². The van der Waals surface area contributed by atoms with E-state index in [9.17, 15) is 0 Å². The molecular formula is C5H10I2. The van der Waals surface area contributed by atoms with E-state index in [1.165, 1.54) is 6.42 Å². The van der Waals surface area contributed by atoms with Crippen LogP contribution in [0.15, 0.2) is 0 Å². The SMILES string of the molecule is CCC(I)C(C)I. The summed E-state index contributed by atoms with van der Waals surface area (Å²) in [6, 6.07) is 0. The minimum absolute atomic E-state index is 0.822. The van der Waals surface area contributed by atoms with Crippen molar-refractivity contribution in [2.45, 2.75) is 28.1 Å². The first-order valence-electron chi connectivity index (χ1n) is 2.46. The molecular weight excluding hydrogens is 314 g/mol. The maximum atomic E-state index is 2.49. The predicted molar refractivity (Wildman–Crippen MR) is 51.6 cm³/mol. The molecule has 0 aromatic heterocycles. The topological polar surface area (TPSA) is 0 Å². The average Bonchev–Trinajstić information content (AvgIpc) is 1.65. The zero-order valence-corrected chi connectivity index (χ0v) is 8.93. The summed E-state index contributed by atoms with van der Waals surface area (Å²) in [5.41, 5.74) is 0. The van der Waals surface area contributed by atoms with Crippen LogP contribution in [0.4, 0.5) is 0 Å². The van der Waals surface area contributed by atoms with E-state index in [0.717, 1.165) is 7.85 Å². The van der Waals surface area contributed by atoms with Crippen molar-refractivity contribution in [2.75, 3.05) is 0 Å². The molecule has 0 rings (SSSR count). The lowest BCUT2D eigenvalue weighted by atomic mass is 10.3. The second kappa shape index (κ2) is 4.35. The molecule has 0 amide bonds. The Kier molecular flexibility index (Phi) is 5.26. The highest BCUT2D eigenvalue weighted by molar-refractivity contribution is 14.1. The zero-order valence-electron chi connectivity index (χ0n) is 4.62. The number of halogens is 2. The van der Waals surface area contributed by atoms with E-state index >= 15 is 0 Å². The third-order valence-electron chi connectivity index (χ3n) is 0.888. The molecule has 0 aliphatic heterocycles. The van der Waals surface area contributed by atoms with Crippen LogP contribution < -0.4 is 0 Å². The number of rotatable bonds is 2. The average molecular weight is 324 g/mol. The van der Waals surface area contributed by atoms with Crippen LogP contribution in [0.3, 0.4) is 0 Å². The number of alkyl halides is 2. The van der Waals surface area contributed by atoms with Gasteiger partial charge >= 0.3 is 0 Å². The van der Waals surface area contributed by atoms with E-state index in [2.05, 4.69) is 59.0 Å². The molecule has 0 nitrogen and oxygen atoms in total. The van der Waals surface area contributed by atoms with Crippen LogP contribution in [0.5, 0.6) is 0 Å². The fraction of sp³-hybridized carbons (Fsp3) is 1.00. The monoisotopic (exact) mass is 324 g/mol. The van der Waals surface area contributed by atoms with Crippen molar-refractivity contribution in [3.05, 3.63) is 0 Å². The molecule has 0 saturated heterocycles. The third-order valence-corrected chi connectivity index (χ3v) is 5.09. The standard InChI is InChI=1S/C5H10I2/c1-3-5(7)4(2)6/h4-5H,3H2,1-2H3. The number of hydrogen-bond donors (Lipinski definition) is 0. The lowest BCUT2D eigenvalue weighted by Gasteiger charge is -2.06. The number of hydrogen-bond acceptors (Lipinski definition) is 0. The molecule has 44 valence electrons. The van der Waals surface area contributed by atoms with Gasteiger partial charge < -0.3 is 0 Å². The first-order valence-corrected chi connectivity index (χ1v) is 4.95. The summed E-state index contributed by atoms with van der Waals surface area (Å²) in [6.07, 6.45) is 1.30. The third kappa shape index (κ3) is 4.00. The van der Waals surface area contributed by atoms with Gasteiger partial charge in [-0.25, -0.2) is 0 Å². The fourth-order valence-corrected chi connectivity index (χ4v) is 0.833. The Bertz CT molecular complexity index is 43.3. The van der Waals surface area contributed by atoms with Crippen LogP contribution >= 0.6 is 45.2 Å². The van der Waals surface area contributed by atoms with Crippen molar-refractivity contribution in [1.82, 2.24) is 0 Å². The predicted octanol–water partition coefficient (Wildman–Crippen LogP) is 3.02. The summed E-state index contributed by atoms with van der Waals surface area (Å²) in [7, 11) is 0. The second-order valence-corrected chi connectivity index (χ2v) is 5.17. The van der Waals surface area contributed by atoms with Crippen molar-refractivity contribution in [2.24, 2.45) is 0 Å².